The fraction of sp³-hybridized carbons (Fsp3) is 0.579. The lowest BCUT2D eigenvalue weighted by atomic mass is 9.76. The van der Waals surface area contributed by atoms with E-state index in [2.05, 4.69) is 21.8 Å². The van der Waals surface area contributed by atoms with Crippen molar-refractivity contribution in [2.24, 2.45) is 5.41 Å². The van der Waals surface area contributed by atoms with Gasteiger partial charge in [0.2, 0.25) is 5.88 Å². The zero-order valence-corrected chi connectivity index (χ0v) is 15.5. The smallest absolute Gasteiger partial charge is 0.213 e. The fourth-order valence-corrected chi connectivity index (χ4v) is 4.65. The minimum Gasteiger partial charge on any atom is -0.475 e. The Balaban J connectivity index is 1.25. The highest BCUT2D eigenvalue weighted by Crippen LogP contribution is 2.42. The average Bonchev–Trinajstić information content (AvgIpc) is 3.23. The molecule has 0 radical (unpaired) electrons. The normalized spacial score (nSPS) is 23.2. The van der Waals surface area contributed by atoms with Gasteiger partial charge in [0, 0.05) is 23.7 Å². The lowest BCUT2D eigenvalue weighted by Crippen LogP contribution is -2.40. The van der Waals surface area contributed by atoms with Crippen molar-refractivity contribution in [3.63, 3.8) is 0 Å². The standard InChI is InChI=1S/C19H25N3O2S/c1-15-17(25-14-21-15)11-22-8-5-19(6-9-22)10-16(24-13-19)12-23-18-4-2-3-7-20-18/h2-4,7,14,16H,5-6,8-13H2,1H3. The minimum atomic E-state index is 0.192. The number of aromatic nitrogens is 2. The van der Waals surface area contributed by atoms with Gasteiger partial charge in [-0.15, -0.1) is 11.3 Å². The van der Waals surface area contributed by atoms with E-state index < -0.39 is 0 Å². The molecule has 134 valence electrons. The highest BCUT2D eigenvalue weighted by Gasteiger charge is 2.42. The average molecular weight is 359 g/mol. The molecule has 0 aliphatic carbocycles. The fourth-order valence-electron chi connectivity index (χ4n) is 3.83. The molecule has 0 aromatic carbocycles. The number of hydrogen-bond acceptors (Lipinski definition) is 6. The van der Waals surface area contributed by atoms with Crippen molar-refractivity contribution in [2.45, 2.75) is 38.8 Å². The second-order valence-electron chi connectivity index (χ2n) is 7.25. The van der Waals surface area contributed by atoms with E-state index in [1.807, 2.05) is 23.7 Å². The molecule has 2 saturated heterocycles. The minimum absolute atomic E-state index is 0.192. The van der Waals surface area contributed by atoms with Gasteiger partial charge >= 0.3 is 0 Å². The zero-order valence-electron chi connectivity index (χ0n) is 14.7. The van der Waals surface area contributed by atoms with Gasteiger partial charge in [0.15, 0.2) is 0 Å². The van der Waals surface area contributed by atoms with Gasteiger partial charge in [-0.05, 0) is 50.8 Å². The number of aryl methyl sites for hydroxylation is 1. The molecule has 6 heteroatoms. The summed E-state index contributed by atoms with van der Waals surface area (Å²) in [5.74, 6) is 0.682. The SMILES string of the molecule is Cc1ncsc1CN1CCC2(CC1)COC(COc1ccccn1)C2. The first-order valence-electron chi connectivity index (χ1n) is 8.99. The van der Waals surface area contributed by atoms with Gasteiger partial charge in [0.1, 0.15) is 6.61 Å². The van der Waals surface area contributed by atoms with Crippen molar-refractivity contribution in [1.82, 2.24) is 14.9 Å². The second-order valence-corrected chi connectivity index (χ2v) is 8.19. The molecule has 0 N–H and O–H groups in total. The van der Waals surface area contributed by atoms with Crippen molar-refractivity contribution in [3.05, 3.63) is 40.5 Å². The summed E-state index contributed by atoms with van der Waals surface area (Å²) >= 11 is 1.77. The van der Waals surface area contributed by atoms with E-state index in [1.165, 1.54) is 23.4 Å². The highest BCUT2D eigenvalue weighted by molar-refractivity contribution is 7.09. The molecule has 2 fully saturated rings. The maximum absolute atomic E-state index is 6.05. The monoisotopic (exact) mass is 359 g/mol. The Labute approximate surface area is 153 Å². The molecule has 1 atom stereocenters. The van der Waals surface area contributed by atoms with Crippen LogP contribution in [-0.4, -0.2) is 47.3 Å². The molecule has 0 amide bonds. The third kappa shape index (κ3) is 4.02. The summed E-state index contributed by atoms with van der Waals surface area (Å²) < 4.78 is 11.8. The molecule has 4 heterocycles. The molecule has 25 heavy (non-hydrogen) atoms. The number of pyridine rings is 1. The molecule has 1 unspecified atom stereocenters. The van der Waals surface area contributed by atoms with Crippen LogP contribution in [0.2, 0.25) is 0 Å². The van der Waals surface area contributed by atoms with Gasteiger partial charge in [-0.1, -0.05) is 6.07 Å². The Morgan fingerprint density at radius 1 is 1.32 bits per heavy atom. The first-order valence-corrected chi connectivity index (χ1v) is 9.87. The summed E-state index contributed by atoms with van der Waals surface area (Å²) in [5.41, 5.74) is 3.48. The molecular weight excluding hydrogens is 334 g/mol. The molecule has 2 aromatic heterocycles. The van der Waals surface area contributed by atoms with Gasteiger partial charge in [0.25, 0.3) is 0 Å². The molecule has 2 aliphatic heterocycles. The van der Waals surface area contributed by atoms with Gasteiger partial charge in [-0.2, -0.15) is 0 Å². The van der Waals surface area contributed by atoms with E-state index in [0.717, 1.165) is 32.7 Å². The van der Waals surface area contributed by atoms with Crippen LogP contribution in [0.3, 0.4) is 0 Å². The second kappa shape index (κ2) is 7.40. The van der Waals surface area contributed by atoms with Crippen LogP contribution >= 0.6 is 11.3 Å². The first kappa shape index (κ1) is 16.9. The third-order valence-corrected chi connectivity index (χ3v) is 6.39. The molecule has 5 nitrogen and oxygen atoms in total. The lowest BCUT2D eigenvalue weighted by molar-refractivity contribution is 0.0463. The summed E-state index contributed by atoms with van der Waals surface area (Å²) in [7, 11) is 0. The van der Waals surface area contributed by atoms with Gasteiger partial charge in [-0.25, -0.2) is 9.97 Å². The quantitative estimate of drug-likeness (QED) is 0.820. The molecule has 0 saturated carbocycles. The van der Waals surface area contributed by atoms with E-state index in [-0.39, 0.29) is 6.10 Å². The third-order valence-electron chi connectivity index (χ3n) is 5.47. The first-order chi connectivity index (χ1) is 12.2. The predicted octanol–water partition coefficient (Wildman–Crippen LogP) is 3.30. The van der Waals surface area contributed by atoms with Crippen molar-refractivity contribution in [1.29, 1.82) is 0 Å². The maximum Gasteiger partial charge on any atom is 0.213 e. The molecule has 1 spiro atoms. The largest absolute Gasteiger partial charge is 0.475 e. The van der Waals surface area contributed by atoms with Crippen molar-refractivity contribution in [2.75, 3.05) is 26.3 Å². The highest BCUT2D eigenvalue weighted by atomic mass is 32.1. The summed E-state index contributed by atoms with van der Waals surface area (Å²) in [5, 5.41) is 0. The van der Waals surface area contributed by atoms with E-state index in [9.17, 15) is 0 Å². The molecular formula is C19H25N3O2S. The van der Waals surface area contributed by atoms with E-state index >= 15 is 0 Å². The summed E-state index contributed by atoms with van der Waals surface area (Å²) in [6.45, 7) is 6.91. The van der Waals surface area contributed by atoms with Crippen LogP contribution in [0.5, 0.6) is 5.88 Å². The molecule has 2 aliphatic rings. The zero-order chi connectivity index (χ0) is 17.1. The van der Waals surface area contributed by atoms with E-state index in [0.29, 0.717) is 17.9 Å². The predicted molar refractivity (Wildman–Crippen MR) is 97.9 cm³/mol. The Kier molecular flexibility index (Phi) is 5.01. The van der Waals surface area contributed by atoms with Crippen LogP contribution in [0.4, 0.5) is 0 Å². The molecule has 4 rings (SSSR count). The van der Waals surface area contributed by atoms with Crippen LogP contribution in [0.1, 0.15) is 29.8 Å². The summed E-state index contributed by atoms with van der Waals surface area (Å²) in [6.07, 6.45) is 5.48. The summed E-state index contributed by atoms with van der Waals surface area (Å²) in [4.78, 5) is 12.5. The van der Waals surface area contributed by atoms with Crippen molar-refractivity contribution >= 4 is 11.3 Å². The van der Waals surface area contributed by atoms with Gasteiger partial charge < -0.3 is 9.47 Å². The molecule has 2 aromatic rings. The van der Waals surface area contributed by atoms with Crippen molar-refractivity contribution < 1.29 is 9.47 Å². The maximum atomic E-state index is 6.05. The Morgan fingerprint density at radius 3 is 2.92 bits per heavy atom. The van der Waals surface area contributed by atoms with E-state index in [4.69, 9.17) is 9.47 Å². The Bertz CT molecular complexity index is 683. The van der Waals surface area contributed by atoms with Crippen LogP contribution in [-0.2, 0) is 11.3 Å². The number of nitrogens with zero attached hydrogens (tertiary/aromatic N) is 3. The topological polar surface area (TPSA) is 47.5 Å². The van der Waals surface area contributed by atoms with Crippen LogP contribution in [0.25, 0.3) is 0 Å². The number of rotatable bonds is 5. The van der Waals surface area contributed by atoms with Gasteiger partial charge in [0.05, 0.1) is 23.9 Å². The number of likely N-dealkylation sites (tertiary alicyclic amines) is 1. The van der Waals surface area contributed by atoms with Crippen LogP contribution < -0.4 is 4.74 Å². The van der Waals surface area contributed by atoms with Crippen LogP contribution in [0.15, 0.2) is 29.9 Å². The van der Waals surface area contributed by atoms with Crippen molar-refractivity contribution in [3.8, 4) is 5.88 Å². The van der Waals surface area contributed by atoms with Crippen LogP contribution in [0, 0.1) is 12.3 Å². The molecule has 0 bridgehead atoms. The number of hydrogen-bond donors (Lipinski definition) is 0. The van der Waals surface area contributed by atoms with E-state index in [1.54, 1.807) is 17.5 Å². The Morgan fingerprint density at radius 2 is 2.20 bits per heavy atom. The number of ether oxygens (including phenoxy) is 2. The summed E-state index contributed by atoms with van der Waals surface area (Å²) in [6, 6.07) is 5.74. The Hall–Kier alpha value is -1.50. The number of piperidine rings is 1. The lowest BCUT2D eigenvalue weighted by Gasteiger charge is -2.38. The number of thiazole rings is 1. The van der Waals surface area contributed by atoms with Gasteiger partial charge in [-0.3, -0.25) is 4.90 Å².